The zero-order chi connectivity index (χ0) is 19.1. The van der Waals surface area contributed by atoms with Crippen molar-refractivity contribution >= 4 is 17.5 Å². The fourth-order valence-electron chi connectivity index (χ4n) is 2.47. The minimum absolute atomic E-state index is 0.135. The highest BCUT2D eigenvalue weighted by Gasteiger charge is 2.22. The van der Waals surface area contributed by atoms with Crippen molar-refractivity contribution in [2.75, 3.05) is 27.2 Å². The third kappa shape index (κ3) is 4.59. The van der Waals surface area contributed by atoms with Gasteiger partial charge in [-0.2, -0.15) is 0 Å². The van der Waals surface area contributed by atoms with Crippen molar-refractivity contribution in [1.29, 1.82) is 0 Å². The number of benzene rings is 2. The van der Waals surface area contributed by atoms with Crippen LogP contribution in [0.3, 0.4) is 0 Å². The molecule has 2 rings (SSSR count). The monoisotopic (exact) mass is 379 g/mol. The van der Waals surface area contributed by atoms with Crippen molar-refractivity contribution in [2.24, 2.45) is 0 Å². The SMILES string of the molecule is COc1ccc(C(O)C(=O)NC(CCl)c2ccc(OC)c(OC)c2)cc1. The molecular formula is C19H22ClNO5. The average Bonchev–Trinajstić information content (AvgIpc) is 2.70. The molecule has 0 fully saturated rings. The minimum atomic E-state index is -1.31. The summed E-state index contributed by atoms with van der Waals surface area (Å²) in [5.74, 6) is 1.34. The number of hydrogen-bond donors (Lipinski definition) is 2. The summed E-state index contributed by atoms with van der Waals surface area (Å²) in [6.45, 7) is 0. The standard InChI is InChI=1S/C19H22ClNO5/c1-24-14-7-4-12(5-8-14)18(22)19(23)21-15(11-20)13-6-9-16(25-2)17(10-13)26-3/h4-10,15,18,22H,11H2,1-3H3,(H,21,23). The van der Waals surface area contributed by atoms with Gasteiger partial charge in [-0.25, -0.2) is 0 Å². The second kappa shape index (κ2) is 9.31. The number of hydrogen-bond acceptors (Lipinski definition) is 5. The average molecular weight is 380 g/mol. The largest absolute Gasteiger partial charge is 0.497 e. The van der Waals surface area contributed by atoms with Crippen LogP contribution in [0.1, 0.15) is 23.3 Å². The van der Waals surface area contributed by atoms with E-state index < -0.39 is 18.1 Å². The quantitative estimate of drug-likeness (QED) is 0.690. The molecule has 2 aromatic rings. The summed E-state index contributed by atoms with van der Waals surface area (Å²) in [7, 11) is 4.62. The number of aliphatic hydroxyl groups excluding tert-OH is 1. The van der Waals surface area contributed by atoms with Gasteiger partial charge in [0.1, 0.15) is 5.75 Å². The molecule has 2 N–H and O–H groups in total. The summed E-state index contributed by atoms with van der Waals surface area (Å²) in [5.41, 5.74) is 1.21. The maximum atomic E-state index is 12.4. The zero-order valence-corrected chi connectivity index (χ0v) is 15.6. The van der Waals surface area contributed by atoms with Gasteiger partial charge < -0.3 is 24.6 Å². The lowest BCUT2D eigenvalue weighted by Gasteiger charge is -2.20. The number of methoxy groups -OCH3 is 3. The maximum Gasteiger partial charge on any atom is 0.253 e. The first kappa shape index (κ1) is 19.9. The molecule has 0 aliphatic rings. The van der Waals surface area contributed by atoms with E-state index in [-0.39, 0.29) is 5.88 Å². The van der Waals surface area contributed by atoms with Gasteiger partial charge in [-0.3, -0.25) is 4.79 Å². The van der Waals surface area contributed by atoms with Crippen LogP contribution < -0.4 is 19.5 Å². The number of halogens is 1. The Morgan fingerprint density at radius 3 is 2.15 bits per heavy atom. The zero-order valence-electron chi connectivity index (χ0n) is 14.9. The maximum absolute atomic E-state index is 12.4. The molecule has 7 heteroatoms. The fourth-order valence-corrected chi connectivity index (χ4v) is 2.72. The van der Waals surface area contributed by atoms with E-state index >= 15 is 0 Å². The number of nitrogens with one attached hydrogen (secondary N) is 1. The van der Waals surface area contributed by atoms with E-state index in [9.17, 15) is 9.90 Å². The molecule has 0 bridgehead atoms. The van der Waals surface area contributed by atoms with Gasteiger partial charge in [-0.1, -0.05) is 18.2 Å². The number of rotatable bonds is 8. The van der Waals surface area contributed by atoms with Crippen molar-refractivity contribution < 1.29 is 24.1 Å². The summed E-state index contributed by atoms with van der Waals surface area (Å²) in [6, 6.07) is 11.4. The highest BCUT2D eigenvalue weighted by atomic mass is 35.5. The molecule has 2 atom stereocenters. The third-order valence-electron chi connectivity index (χ3n) is 3.96. The minimum Gasteiger partial charge on any atom is -0.497 e. The first-order valence-corrected chi connectivity index (χ1v) is 8.47. The lowest BCUT2D eigenvalue weighted by molar-refractivity contribution is -0.130. The highest BCUT2D eigenvalue weighted by molar-refractivity contribution is 6.18. The number of aliphatic hydroxyl groups is 1. The number of ether oxygens (including phenoxy) is 3. The van der Waals surface area contributed by atoms with E-state index in [1.54, 1.807) is 56.7 Å². The van der Waals surface area contributed by atoms with Crippen molar-refractivity contribution in [3.8, 4) is 17.2 Å². The Kier molecular flexibility index (Phi) is 7.12. The van der Waals surface area contributed by atoms with Gasteiger partial charge in [0.05, 0.1) is 27.4 Å². The van der Waals surface area contributed by atoms with E-state index in [1.165, 1.54) is 7.11 Å². The molecule has 0 spiro atoms. The molecule has 140 valence electrons. The normalized spacial score (nSPS) is 12.8. The summed E-state index contributed by atoms with van der Waals surface area (Å²) in [6.07, 6.45) is -1.31. The first-order chi connectivity index (χ1) is 12.5. The first-order valence-electron chi connectivity index (χ1n) is 7.94. The summed E-state index contributed by atoms with van der Waals surface area (Å²) >= 11 is 6.02. The molecule has 0 aromatic heterocycles. The van der Waals surface area contributed by atoms with Crippen molar-refractivity contribution in [3.05, 3.63) is 53.6 Å². The van der Waals surface area contributed by atoms with E-state index in [0.29, 0.717) is 22.8 Å². The molecule has 0 saturated heterocycles. The number of alkyl halides is 1. The van der Waals surface area contributed by atoms with Crippen LogP contribution in [0.15, 0.2) is 42.5 Å². The van der Waals surface area contributed by atoms with E-state index in [2.05, 4.69) is 5.32 Å². The van der Waals surface area contributed by atoms with Gasteiger partial charge in [0, 0.05) is 5.88 Å². The Bertz CT molecular complexity index is 735. The molecule has 0 saturated carbocycles. The van der Waals surface area contributed by atoms with Crippen LogP contribution in [0.5, 0.6) is 17.2 Å². The Balaban J connectivity index is 2.14. The Morgan fingerprint density at radius 1 is 1.00 bits per heavy atom. The van der Waals surface area contributed by atoms with Crippen LogP contribution in [0.25, 0.3) is 0 Å². The highest BCUT2D eigenvalue weighted by Crippen LogP contribution is 2.30. The van der Waals surface area contributed by atoms with Gasteiger partial charge in [0.25, 0.3) is 5.91 Å². The van der Waals surface area contributed by atoms with Crippen LogP contribution in [0.4, 0.5) is 0 Å². The van der Waals surface area contributed by atoms with Crippen LogP contribution in [-0.2, 0) is 4.79 Å². The summed E-state index contributed by atoms with van der Waals surface area (Å²) in [5, 5.41) is 13.0. The molecule has 2 unspecified atom stereocenters. The summed E-state index contributed by atoms with van der Waals surface area (Å²) in [4.78, 5) is 12.4. The van der Waals surface area contributed by atoms with Gasteiger partial charge >= 0.3 is 0 Å². The van der Waals surface area contributed by atoms with E-state index in [4.69, 9.17) is 25.8 Å². The van der Waals surface area contributed by atoms with Crippen LogP contribution in [-0.4, -0.2) is 38.2 Å². The Morgan fingerprint density at radius 2 is 1.62 bits per heavy atom. The van der Waals surface area contributed by atoms with Crippen molar-refractivity contribution in [1.82, 2.24) is 5.32 Å². The van der Waals surface area contributed by atoms with Crippen molar-refractivity contribution in [3.63, 3.8) is 0 Å². The predicted octanol–water partition coefficient (Wildman–Crippen LogP) is 2.84. The molecule has 0 radical (unpaired) electrons. The van der Waals surface area contributed by atoms with Gasteiger partial charge in [-0.05, 0) is 35.4 Å². The smallest absolute Gasteiger partial charge is 0.253 e. The number of carbonyl (C=O) groups excluding carboxylic acids is 1. The molecule has 0 aliphatic carbocycles. The molecule has 1 amide bonds. The van der Waals surface area contributed by atoms with E-state index in [0.717, 1.165) is 5.56 Å². The third-order valence-corrected chi connectivity index (χ3v) is 4.27. The second-order valence-corrected chi connectivity index (χ2v) is 5.81. The predicted molar refractivity (Wildman–Crippen MR) is 99.1 cm³/mol. The van der Waals surface area contributed by atoms with E-state index in [1.807, 2.05) is 0 Å². The molecule has 6 nitrogen and oxygen atoms in total. The molecule has 26 heavy (non-hydrogen) atoms. The van der Waals surface area contributed by atoms with Gasteiger partial charge in [0.2, 0.25) is 0 Å². The molecule has 0 heterocycles. The second-order valence-electron chi connectivity index (χ2n) is 5.51. The Hall–Kier alpha value is -2.44. The lowest BCUT2D eigenvalue weighted by Crippen LogP contribution is -2.33. The van der Waals surface area contributed by atoms with Crippen molar-refractivity contribution in [2.45, 2.75) is 12.1 Å². The molecule has 2 aromatic carbocycles. The Labute approximate surface area is 157 Å². The fraction of sp³-hybridized carbons (Fsp3) is 0.316. The van der Waals surface area contributed by atoms with Gasteiger partial charge in [0.15, 0.2) is 17.6 Å². The molecular weight excluding hydrogens is 358 g/mol. The number of carbonyl (C=O) groups is 1. The topological polar surface area (TPSA) is 77.0 Å². The number of amides is 1. The molecule has 0 aliphatic heterocycles. The van der Waals surface area contributed by atoms with Gasteiger partial charge in [-0.15, -0.1) is 11.6 Å². The van der Waals surface area contributed by atoms with Crippen LogP contribution in [0, 0.1) is 0 Å². The van der Waals surface area contributed by atoms with Crippen LogP contribution in [0.2, 0.25) is 0 Å². The van der Waals surface area contributed by atoms with Crippen LogP contribution >= 0.6 is 11.6 Å². The lowest BCUT2D eigenvalue weighted by atomic mass is 10.1. The summed E-state index contributed by atoms with van der Waals surface area (Å²) < 4.78 is 15.5.